The number of Topliss-reactive ketones (excluding diaryl/α,β-unsaturated/α-hetero) is 1. The van der Waals surface area contributed by atoms with Gasteiger partial charge in [-0.3, -0.25) is 4.79 Å². The lowest BCUT2D eigenvalue weighted by atomic mass is 10.1. The molecule has 0 aliphatic carbocycles. The Morgan fingerprint density at radius 3 is 1.65 bits per heavy atom. The fraction of sp³-hybridized carbons (Fsp3) is 0.652. The molecule has 1 aromatic rings. The molecule has 0 bridgehead atoms. The molecular weight excluding hydrogens is 404 g/mol. The first-order valence-electron chi connectivity index (χ1n) is 10.8. The van der Waals surface area contributed by atoms with Gasteiger partial charge in [-0.05, 0) is 5.92 Å². The lowest BCUT2D eigenvalue weighted by Crippen LogP contribution is -2.20. The first-order chi connectivity index (χ1) is 15.1. The molecule has 0 fully saturated rings. The van der Waals surface area contributed by atoms with Crippen molar-refractivity contribution in [2.75, 3.05) is 72.7 Å². The van der Waals surface area contributed by atoms with E-state index in [-0.39, 0.29) is 13.2 Å². The molecular formula is C23H36O8. The van der Waals surface area contributed by atoms with Gasteiger partial charge in [0.25, 0.3) is 5.78 Å². The minimum absolute atomic E-state index is 0.0171. The van der Waals surface area contributed by atoms with Crippen LogP contribution in [0.3, 0.4) is 0 Å². The van der Waals surface area contributed by atoms with E-state index in [0.717, 1.165) is 13.0 Å². The number of carbonyl (C=O) groups is 2. The summed E-state index contributed by atoms with van der Waals surface area (Å²) in [6, 6.07) is 8.29. The third-order valence-corrected chi connectivity index (χ3v) is 4.27. The Morgan fingerprint density at radius 1 is 0.710 bits per heavy atom. The third-order valence-electron chi connectivity index (χ3n) is 4.27. The van der Waals surface area contributed by atoms with Crippen LogP contribution in [0.2, 0.25) is 0 Å². The highest BCUT2D eigenvalue weighted by atomic mass is 16.6. The molecule has 0 spiro atoms. The van der Waals surface area contributed by atoms with E-state index in [4.69, 9.17) is 28.4 Å². The largest absolute Gasteiger partial charge is 0.457 e. The molecule has 31 heavy (non-hydrogen) atoms. The van der Waals surface area contributed by atoms with Gasteiger partial charge >= 0.3 is 5.97 Å². The van der Waals surface area contributed by atoms with Crippen molar-refractivity contribution in [2.24, 2.45) is 5.92 Å². The molecule has 8 heteroatoms. The summed E-state index contributed by atoms with van der Waals surface area (Å²) in [7, 11) is 0. The third kappa shape index (κ3) is 14.7. The van der Waals surface area contributed by atoms with E-state index in [1.165, 1.54) is 0 Å². The Kier molecular flexibility index (Phi) is 16.6. The maximum Gasteiger partial charge on any atom is 0.379 e. The van der Waals surface area contributed by atoms with E-state index in [1.54, 1.807) is 30.3 Å². The molecule has 0 radical (unpaired) electrons. The van der Waals surface area contributed by atoms with Crippen LogP contribution in [-0.2, 0) is 33.2 Å². The molecule has 0 N–H and O–H groups in total. The van der Waals surface area contributed by atoms with Gasteiger partial charge < -0.3 is 28.4 Å². The minimum Gasteiger partial charge on any atom is -0.457 e. The highest BCUT2D eigenvalue weighted by Crippen LogP contribution is 2.01. The Hall–Kier alpha value is -1.84. The first kappa shape index (κ1) is 27.2. The summed E-state index contributed by atoms with van der Waals surface area (Å²) in [5, 5.41) is 0. The summed E-state index contributed by atoms with van der Waals surface area (Å²) in [6.45, 7) is 9.24. The molecule has 1 atom stereocenters. The van der Waals surface area contributed by atoms with Crippen LogP contribution >= 0.6 is 0 Å². The molecule has 0 amide bonds. The van der Waals surface area contributed by atoms with Gasteiger partial charge in [-0.25, -0.2) is 4.79 Å². The predicted molar refractivity (Wildman–Crippen MR) is 115 cm³/mol. The van der Waals surface area contributed by atoms with Crippen LogP contribution in [0.25, 0.3) is 0 Å². The molecule has 1 aromatic carbocycles. The molecule has 0 aliphatic rings. The van der Waals surface area contributed by atoms with E-state index in [2.05, 4.69) is 13.8 Å². The van der Waals surface area contributed by atoms with Crippen molar-refractivity contribution in [1.29, 1.82) is 0 Å². The first-order valence-corrected chi connectivity index (χ1v) is 10.8. The monoisotopic (exact) mass is 440 g/mol. The Balaban J connectivity index is 1.80. The second-order valence-electron chi connectivity index (χ2n) is 6.87. The van der Waals surface area contributed by atoms with Crippen LogP contribution in [0, 0.1) is 5.92 Å². The van der Waals surface area contributed by atoms with Crippen molar-refractivity contribution in [1.82, 2.24) is 0 Å². The number of rotatable bonds is 20. The lowest BCUT2D eigenvalue weighted by molar-refractivity contribution is -0.139. The van der Waals surface area contributed by atoms with Crippen molar-refractivity contribution in [3.8, 4) is 0 Å². The molecule has 0 saturated heterocycles. The summed E-state index contributed by atoms with van der Waals surface area (Å²) in [6.07, 6.45) is 1.12. The zero-order valence-corrected chi connectivity index (χ0v) is 18.7. The van der Waals surface area contributed by atoms with Gasteiger partial charge in [-0.1, -0.05) is 50.6 Å². The van der Waals surface area contributed by atoms with Crippen molar-refractivity contribution < 1.29 is 38.0 Å². The highest BCUT2D eigenvalue weighted by Gasteiger charge is 2.16. The van der Waals surface area contributed by atoms with Crippen LogP contribution in [0.1, 0.15) is 30.6 Å². The van der Waals surface area contributed by atoms with Gasteiger partial charge in [0, 0.05) is 12.2 Å². The van der Waals surface area contributed by atoms with Gasteiger partial charge in [0.2, 0.25) is 0 Å². The smallest absolute Gasteiger partial charge is 0.379 e. The van der Waals surface area contributed by atoms with Gasteiger partial charge in [0.05, 0.1) is 59.5 Å². The Morgan fingerprint density at radius 2 is 1.16 bits per heavy atom. The summed E-state index contributed by atoms with van der Waals surface area (Å²) in [4.78, 5) is 23.5. The lowest BCUT2D eigenvalue weighted by Gasteiger charge is -2.10. The van der Waals surface area contributed by atoms with Gasteiger partial charge in [0.1, 0.15) is 6.61 Å². The molecule has 0 aromatic heterocycles. The van der Waals surface area contributed by atoms with Crippen LogP contribution in [0.5, 0.6) is 0 Å². The second kappa shape index (κ2) is 18.9. The van der Waals surface area contributed by atoms with Gasteiger partial charge in [0.15, 0.2) is 0 Å². The second-order valence-corrected chi connectivity index (χ2v) is 6.87. The average molecular weight is 441 g/mol. The summed E-state index contributed by atoms with van der Waals surface area (Å²) in [5.41, 5.74) is 0.307. The van der Waals surface area contributed by atoms with Crippen molar-refractivity contribution in [3.05, 3.63) is 35.9 Å². The van der Waals surface area contributed by atoms with E-state index in [0.29, 0.717) is 64.3 Å². The van der Waals surface area contributed by atoms with Crippen LogP contribution in [0.15, 0.2) is 30.3 Å². The average Bonchev–Trinajstić information content (AvgIpc) is 2.80. The number of esters is 1. The quantitative estimate of drug-likeness (QED) is 0.132. The van der Waals surface area contributed by atoms with Crippen LogP contribution in [-0.4, -0.2) is 84.4 Å². The van der Waals surface area contributed by atoms with E-state index in [9.17, 15) is 9.59 Å². The van der Waals surface area contributed by atoms with Crippen LogP contribution in [0.4, 0.5) is 0 Å². The molecule has 1 unspecified atom stereocenters. The molecule has 0 aliphatic heterocycles. The Labute approximate surface area is 185 Å². The SMILES string of the molecule is CCC(C)COCCOCCOCCOCCOCCOC(=O)C(=O)c1ccccc1. The zero-order chi connectivity index (χ0) is 22.6. The fourth-order valence-electron chi connectivity index (χ4n) is 2.25. The topological polar surface area (TPSA) is 89.5 Å². The maximum absolute atomic E-state index is 11.8. The van der Waals surface area contributed by atoms with E-state index in [1.807, 2.05) is 0 Å². The number of benzene rings is 1. The molecule has 0 heterocycles. The van der Waals surface area contributed by atoms with Crippen molar-refractivity contribution in [3.63, 3.8) is 0 Å². The zero-order valence-electron chi connectivity index (χ0n) is 18.7. The summed E-state index contributed by atoms with van der Waals surface area (Å²) in [5.74, 6) is -0.961. The number of ether oxygens (including phenoxy) is 6. The maximum atomic E-state index is 11.8. The fourth-order valence-corrected chi connectivity index (χ4v) is 2.25. The number of hydrogen-bond acceptors (Lipinski definition) is 8. The van der Waals surface area contributed by atoms with Crippen molar-refractivity contribution >= 4 is 11.8 Å². The van der Waals surface area contributed by atoms with Gasteiger partial charge in [-0.15, -0.1) is 0 Å². The highest BCUT2D eigenvalue weighted by molar-refractivity contribution is 6.40. The number of ketones is 1. The molecule has 0 saturated carbocycles. The number of carbonyl (C=O) groups excluding carboxylic acids is 2. The molecule has 176 valence electrons. The minimum atomic E-state index is -0.884. The van der Waals surface area contributed by atoms with Crippen molar-refractivity contribution in [2.45, 2.75) is 20.3 Å². The Bertz CT molecular complexity index is 578. The molecule has 1 rings (SSSR count). The number of hydrogen-bond donors (Lipinski definition) is 0. The predicted octanol–water partition coefficient (Wildman–Crippen LogP) is 2.54. The summed E-state index contributed by atoms with van der Waals surface area (Å²) < 4.78 is 31.9. The van der Waals surface area contributed by atoms with Gasteiger partial charge in [-0.2, -0.15) is 0 Å². The standard InChI is InChI=1S/C23H36O8/c1-3-20(2)19-30-16-15-28-12-11-26-9-10-27-13-14-29-17-18-31-23(25)22(24)21-7-5-4-6-8-21/h4-8,20H,3,9-19H2,1-2H3. The van der Waals surface area contributed by atoms with E-state index < -0.39 is 11.8 Å². The molecule has 8 nitrogen and oxygen atoms in total. The van der Waals surface area contributed by atoms with E-state index >= 15 is 0 Å². The van der Waals surface area contributed by atoms with Crippen LogP contribution < -0.4 is 0 Å². The summed E-state index contributed by atoms with van der Waals surface area (Å²) >= 11 is 0. The normalized spacial score (nSPS) is 11.9.